The number of carbonyl (C=O) groups is 3. The van der Waals surface area contributed by atoms with Crippen LogP contribution in [0.5, 0.6) is 0 Å². The number of nitrogens with two attached hydrogens (primary N) is 1. The summed E-state index contributed by atoms with van der Waals surface area (Å²) in [5.74, 6) is -0.505. The van der Waals surface area contributed by atoms with Crippen LogP contribution in [0, 0.1) is 0 Å². The van der Waals surface area contributed by atoms with Gasteiger partial charge in [0.1, 0.15) is 11.3 Å². The Morgan fingerprint density at radius 1 is 1.06 bits per heavy atom. The van der Waals surface area contributed by atoms with Gasteiger partial charge in [-0.25, -0.2) is 9.97 Å². The van der Waals surface area contributed by atoms with Crippen LogP contribution >= 0.6 is 0 Å². The van der Waals surface area contributed by atoms with Crippen molar-refractivity contribution >= 4 is 34.7 Å². The number of hydrogen-bond acceptors (Lipinski definition) is 7. The number of aromatic nitrogens is 2. The summed E-state index contributed by atoms with van der Waals surface area (Å²) in [5.41, 5.74) is 8.56. The Morgan fingerprint density at radius 2 is 1.89 bits per heavy atom. The summed E-state index contributed by atoms with van der Waals surface area (Å²) < 4.78 is 5.04. The molecule has 2 amide bonds. The van der Waals surface area contributed by atoms with Gasteiger partial charge in [0, 0.05) is 31.6 Å². The summed E-state index contributed by atoms with van der Waals surface area (Å²) in [4.78, 5) is 41.1. The third kappa shape index (κ3) is 8.40. The molecule has 5 N–H and O–H groups in total. The minimum atomic E-state index is -0.828. The molecule has 35 heavy (non-hydrogen) atoms. The maximum absolute atomic E-state index is 11.6. The number of amides is 2. The largest absolute Gasteiger partial charge is 0.481 e. The Hall–Kier alpha value is -3.95. The monoisotopic (exact) mass is 481 g/mol. The standard InChI is InChI=1S/C17H25N3O3.C8H6N2O2/c21-15(18-11-4-8-16(22)23)7-2-1-6-14-10-9-13-5-3-12-19-17(13)20-14;9-7(11)8-10-5-3-1-2-4-6(5)12-8/h9-10H,1-8,11-12H2,(H,18,21)(H,19,20)(H,22,23);1-4H,(H2,9,11). The van der Waals surface area contributed by atoms with Crippen LogP contribution in [0.15, 0.2) is 40.8 Å². The fraction of sp³-hybridized carbons (Fsp3) is 0.400. The fourth-order valence-electron chi connectivity index (χ4n) is 3.63. The van der Waals surface area contributed by atoms with Crippen LogP contribution in [0.4, 0.5) is 5.82 Å². The van der Waals surface area contributed by atoms with E-state index in [4.69, 9.17) is 15.3 Å². The predicted molar refractivity (Wildman–Crippen MR) is 131 cm³/mol. The molecule has 0 radical (unpaired) electrons. The number of primary amides is 1. The van der Waals surface area contributed by atoms with Crippen LogP contribution in [0.1, 0.15) is 60.5 Å². The molecule has 1 aliphatic heterocycles. The molecule has 0 spiro atoms. The zero-order valence-corrected chi connectivity index (χ0v) is 19.6. The number of carbonyl (C=O) groups excluding carboxylic acids is 2. The van der Waals surface area contributed by atoms with Gasteiger partial charge in [0.2, 0.25) is 5.91 Å². The molecule has 1 aliphatic rings. The number of pyridine rings is 1. The average molecular weight is 482 g/mol. The van der Waals surface area contributed by atoms with E-state index in [0.717, 1.165) is 50.2 Å². The summed E-state index contributed by atoms with van der Waals surface area (Å²) in [7, 11) is 0. The van der Waals surface area contributed by atoms with Crippen molar-refractivity contribution in [1.29, 1.82) is 0 Å². The molecule has 186 valence electrons. The fourth-order valence-corrected chi connectivity index (χ4v) is 3.63. The number of anilines is 1. The van der Waals surface area contributed by atoms with E-state index in [0.29, 0.717) is 30.5 Å². The first-order valence-corrected chi connectivity index (χ1v) is 11.8. The smallest absolute Gasteiger partial charge is 0.304 e. The Balaban J connectivity index is 0.000000237. The topological polar surface area (TPSA) is 160 Å². The molecule has 0 atom stereocenters. The van der Waals surface area contributed by atoms with Crippen molar-refractivity contribution in [3.8, 4) is 0 Å². The van der Waals surface area contributed by atoms with Crippen molar-refractivity contribution in [3.05, 3.63) is 53.5 Å². The summed E-state index contributed by atoms with van der Waals surface area (Å²) in [6.45, 7) is 1.43. The number of aliphatic carboxylic acids is 1. The summed E-state index contributed by atoms with van der Waals surface area (Å²) in [6.07, 6.45) is 5.93. The Labute approximate surface area is 203 Å². The van der Waals surface area contributed by atoms with Crippen LogP contribution in [0.2, 0.25) is 0 Å². The van der Waals surface area contributed by atoms with Crippen LogP contribution in [0.25, 0.3) is 11.1 Å². The Kier molecular flexibility index (Phi) is 9.58. The van der Waals surface area contributed by atoms with E-state index in [1.54, 1.807) is 18.2 Å². The maximum atomic E-state index is 11.6. The van der Waals surface area contributed by atoms with Crippen LogP contribution in [-0.2, 0) is 22.4 Å². The van der Waals surface area contributed by atoms with E-state index in [1.807, 2.05) is 6.07 Å². The SMILES string of the molecule is NC(=O)c1nc2ccccc2o1.O=C(O)CCCNC(=O)CCCCc1ccc2c(n1)NCCC2. The van der Waals surface area contributed by atoms with Crippen LogP contribution < -0.4 is 16.4 Å². The number of benzene rings is 1. The van der Waals surface area contributed by atoms with E-state index in [1.165, 1.54) is 5.56 Å². The van der Waals surface area contributed by atoms with Crippen molar-refractivity contribution in [2.75, 3.05) is 18.4 Å². The van der Waals surface area contributed by atoms with Gasteiger partial charge in [-0.1, -0.05) is 18.2 Å². The number of carboxylic acid groups (broad SMARTS) is 1. The van der Waals surface area contributed by atoms with E-state index in [-0.39, 0.29) is 18.2 Å². The zero-order chi connectivity index (χ0) is 25.0. The first kappa shape index (κ1) is 25.7. The van der Waals surface area contributed by atoms with Gasteiger partial charge in [0.15, 0.2) is 5.58 Å². The van der Waals surface area contributed by atoms with Gasteiger partial charge in [0.05, 0.1) is 0 Å². The van der Waals surface area contributed by atoms with Crippen molar-refractivity contribution < 1.29 is 23.9 Å². The number of hydrogen-bond donors (Lipinski definition) is 4. The molecule has 0 unspecified atom stereocenters. The molecular weight excluding hydrogens is 450 g/mol. The molecule has 3 heterocycles. The normalized spacial score (nSPS) is 12.1. The van der Waals surface area contributed by atoms with Gasteiger partial charge in [-0.15, -0.1) is 0 Å². The molecule has 4 rings (SSSR count). The number of rotatable bonds is 10. The first-order chi connectivity index (χ1) is 16.9. The van der Waals surface area contributed by atoms with Gasteiger partial charge in [-0.3, -0.25) is 14.4 Å². The number of nitrogens with zero attached hydrogens (tertiary/aromatic N) is 2. The van der Waals surface area contributed by atoms with Gasteiger partial charge < -0.3 is 25.9 Å². The van der Waals surface area contributed by atoms with Gasteiger partial charge in [-0.05, 0) is 62.3 Å². The van der Waals surface area contributed by atoms with Gasteiger partial charge >= 0.3 is 11.9 Å². The van der Waals surface area contributed by atoms with E-state index < -0.39 is 11.9 Å². The van der Waals surface area contributed by atoms with Crippen molar-refractivity contribution in [2.45, 2.75) is 51.4 Å². The summed E-state index contributed by atoms with van der Waals surface area (Å²) >= 11 is 0. The Morgan fingerprint density at radius 3 is 2.66 bits per heavy atom. The van der Waals surface area contributed by atoms with Crippen molar-refractivity contribution in [1.82, 2.24) is 15.3 Å². The highest BCUT2D eigenvalue weighted by atomic mass is 16.4. The third-order valence-corrected chi connectivity index (χ3v) is 5.43. The lowest BCUT2D eigenvalue weighted by Gasteiger charge is -2.17. The maximum Gasteiger partial charge on any atom is 0.304 e. The lowest BCUT2D eigenvalue weighted by molar-refractivity contribution is -0.137. The lowest BCUT2D eigenvalue weighted by Crippen LogP contribution is -2.24. The number of nitrogens with one attached hydrogen (secondary N) is 2. The number of para-hydroxylation sites is 2. The second-order valence-electron chi connectivity index (χ2n) is 8.25. The van der Waals surface area contributed by atoms with Crippen LogP contribution in [-0.4, -0.2) is 45.9 Å². The highest BCUT2D eigenvalue weighted by Crippen LogP contribution is 2.20. The first-order valence-electron chi connectivity index (χ1n) is 11.8. The number of oxazole rings is 1. The highest BCUT2D eigenvalue weighted by molar-refractivity contribution is 5.90. The molecule has 10 nitrogen and oxygen atoms in total. The second-order valence-corrected chi connectivity index (χ2v) is 8.25. The van der Waals surface area contributed by atoms with Gasteiger partial charge in [-0.2, -0.15) is 0 Å². The zero-order valence-electron chi connectivity index (χ0n) is 19.6. The Bertz CT molecular complexity index is 1130. The highest BCUT2D eigenvalue weighted by Gasteiger charge is 2.11. The summed E-state index contributed by atoms with van der Waals surface area (Å²) in [5, 5.41) is 14.6. The minimum absolute atomic E-state index is 0.00421. The third-order valence-electron chi connectivity index (χ3n) is 5.43. The molecule has 0 saturated heterocycles. The summed E-state index contributed by atoms with van der Waals surface area (Å²) in [6, 6.07) is 11.3. The predicted octanol–water partition coefficient (Wildman–Crippen LogP) is 3.06. The van der Waals surface area contributed by atoms with Gasteiger partial charge in [0.25, 0.3) is 5.89 Å². The molecule has 10 heteroatoms. The number of carboxylic acids is 1. The van der Waals surface area contributed by atoms with Crippen molar-refractivity contribution in [2.24, 2.45) is 5.73 Å². The minimum Gasteiger partial charge on any atom is -0.481 e. The molecule has 0 fully saturated rings. The molecule has 0 bridgehead atoms. The number of fused-ring (bicyclic) bond motifs is 2. The average Bonchev–Trinajstić information content (AvgIpc) is 3.30. The van der Waals surface area contributed by atoms with Crippen LogP contribution in [0.3, 0.4) is 0 Å². The quantitative estimate of drug-likeness (QED) is 0.321. The molecular formula is C25H31N5O5. The van der Waals surface area contributed by atoms with Crippen molar-refractivity contribution in [3.63, 3.8) is 0 Å². The molecule has 0 saturated carbocycles. The van der Waals surface area contributed by atoms with E-state index in [2.05, 4.69) is 32.7 Å². The number of unbranched alkanes of at least 4 members (excludes halogenated alkanes) is 1. The second kappa shape index (κ2) is 13.1. The molecule has 3 aromatic rings. The molecule has 1 aromatic carbocycles. The van der Waals surface area contributed by atoms with E-state index in [9.17, 15) is 14.4 Å². The number of aryl methyl sites for hydroxylation is 2. The molecule has 0 aliphatic carbocycles. The lowest BCUT2D eigenvalue weighted by atomic mass is 10.1. The molecule has 2 aromatic heterocycles. The van der Waals surface area contributed by atoms with E-state index >= 15 is 0 Å².